The molecule has 3 aromatic rings. The molecule has 0 aliphatic heterocycles. The molecule has 30 heavy (non-hydrogen) atoms. The Hall–Kier alpha value is -3.25. The van der Waals surface area contributed by atoms with E-state index in [4.69, 9.17) is 0 Å². The topological polar surface area (TPSA) is 66.5 Å². The van der Waals surface area contributed by atoms with E-state index in [1.54, 1.807) is 48.5 Å². The van der Waals surface area contributed by atoms with Gasteiger partial charge < -0.3 is 10.2 Å². The number of halogens is 1. The van der Waals surface area contributed by atoms with Crippen LogP contribution in [0.2, 0.25) is 0 Å². The third kappa shape index (κ3) is 5.42. The summed E-state index contributed by atoms with van der Waals surface area (Å²) in [4.78, 5) is 38.5. The molecule has 0 fully saturated rings. The van der Waals surface area contributed by atoms with E-state index in [0.717, 1.165) is 5.56 Å². The van der Waals surface area contributed by atoms with Crippen molar-refractivity contribution in [2.45, 2.75) is 12.7 Å². The van der Waals surface area contributed by atoms with Gasteiger partial charge in [0.25, 0.3) is 5.91 Å². The Morgan fingerprint density at radius 3 is 2.03 bits per heavy atom. The van der Waals surface area contributed by atoms with Crippen LogP contribution in [0.4, 0.5) is 5.69 Å². The molecule has 1 N–H and O–H groups in total. The summed E-state index contributed by atoms with van der Waals surface area (Å²) in [5.74, 6) is -0.284. The van der Waals surface area contributed by atoms with Crippen molar-refractivity contribution < 1.29 is 14.4 Å². The average molecular weight is 465 g/mol. The van der Waals surface area contributed by atoms with E-state index in [1.165, 1.54) is 4.90 Å². The minimum atomic E-state index is -0.879. The van der Waals surface area contributed by atoms with E-state index in [9.17, 15) is 14.4 Å². The summed E-state index contributed by atoms with van der Waals surface area (Å²) >= 11 is 3.15. The van der Waals surface area contributed by atoms with Gasteiger partial charge in [0.2, 0.25) is 0 Å². The van der Waals surface area contributed by atoms with Crippen molar-refractivity contribution in [1.82, 2.24) is 4.90 Å². The van der Waals surface area contributed by atoms with Crippen LogP contribution in [0.25, 0.3) is 0 Å². The van der Waals surface area contributed by atoms with Crippen molar-refractivity contribution in [2.75, 3.05) is 10.6 Å². The summed E-state index contributed by atoms with van der Waals surface area (Å²) in [6.07, 6.45) is -0.169. The molecule has 152 valence electrons. The Morgan fingerprint density at radius 2 is 1.47 bits per heavy atom. The van der Waals surface area contributed by atoms with Gasteiger partial charge in [0.05, 0.1) is 5.33 Å². The molecule has 1 amide bonds. The molecule has 0 spiro atoms. The predicted octanol–water partition coefficient (Wildman–Crippen LogP) is 4.54. The van der Waals surface area contributed by atoms with Crippen molar-refractivity contribution in [3.63, 3.8) is 0 Å². The van der Waals surface area contributed by atoms with Gasteiger partial charge in [-0.15, -0.1) is 0 Å². The Morgan fingerprint density at radius 1 is 0.867 bits per heavy atom. The predicted molar refractivity (Wildman–Crippen MR) is 121 cm³/mol. The van der Waals surface area contributed by atoms with E-state index >= 15 is 0 Å². The van der Waals surface area contributed by atoms with Gasteiger partial charge in [-0.2, -0.15) is 0 Å². The summed E-state index contributed by atoms with van der Waals surface area (Å²) in [6.45, 7) is 0.269. The van der Waals surface area contributed by atoms with Crippen LogP contribution in [-0.2, 0) is 11.3 Å². The first-order chi connectivity index (χ1) is 14.6. The van der Waals surface area contributed by atoms with Gasteiger partial charge in [0, 0.05) is 23.4 Å². The lowest BCUT2D eigenvalue weighted by Gasteiger charge is -2.30. The van der Waals surface area contributed by atoms with Gasteiger partial charge in [-0.05, 0) is 42.0 Å². The van der Waals surface area contributed by atoms with Crippen LogP contribution in [0.1, 0.15) is 26.3 Å². The molecule has 0 heterocycles. The van der Waals surface area contributed by atoms with Gasteiger partial charge in [-0.1, -0.05) is 64.5 Å². The van der Waals surface area contributed by atoms with Crippen LogP contribution in [0.3, 0.4) is 0 Å². The van der Waals surface area contributed by atoms with E-state index in [0.29, 0.717) is 23.1 Å². The number of benzene rings is 3. The standard InChI is InChI=1S/C24H21BrN2O3/c25-15-22(29)19-11-13-21(14-12-19)26-23(17-28)27(16-18-7-3-1-4-8-18)24(30)20-9-5-2-6-10-20/h1-14,17,23,26H,15-16H2. The lowest BCUT2D eigenvalue weighted by Crippen LogP contribution is -2.45. The minimum absolute atomic E-state index is 0.0292. The second-order valence-electron chi connectivity index (χ2n) is 6.64. The van der Waals surface area contributed by atoms with Crippen LogP contribution < -0.4 is 5.32 Å². The molecule has 3 rings (SSSR count). The highest BCUT2D eigenvalue weighted by atomic mass is 79.9. The highest BCUT2D eigenvalue weighted by Gasteiger charge is 2.25. The number of alkyl halides is 1. The molecular weight excluding hydrogens is 444 g/mol. The number of hydrogen-bond acceptors (Lipinski definition) is 4. The Balaban J connectivity index is 1.86. The molecule has 1 unspecified atom stereocenters. The van der Waals surface area contributed by atoms with Gasteiger partial charge in [0.15, 0.2) is 18.2 Å². The Labute approximate surface area is 183 Å². The number of nitrogens with one attached hydrogen (secondary N) is 1. The number of nitrogens with zero attached hydrogens (tertiary/aromatic N) is 1. The molecule has 0 aliphatic carbocycles. The van der Waals surface area contributed by atoms with Crippen LogP contribution >= 0.6 is 15.9 Å². The molecule has 0 saturated heterocycles. The maximum atomic E-state index is 13.2. The van der Waals surface area contributed by atoms with Crippen molar-refractivity contribution in [3.05, 3.63) is 102 Å². The number of rotatable bonds is 9. The van der Waals surface area contributed by atoms with E-state index < -0.39 is 6.17 Å². The summed E-state index contributed by atoms with van der Waals surface area (Å²) in [5.41, 5.74) is 2.62. The summed E-state index contributed by atoms with van der Waals surface area (Å²) < 4.78 is 0. The zero-order chi connectivity index (χ0) is 21.3. The number of aldehydes is 1. The number of amides is 1. The van der Waals surface area contributed by atoms with Crippen molar-refractivity contribution in [1.29, 1.82) is 0 Å². The molecule has 6 heteroatoms. The van der Waals surface area contributed by atoms with Crippen molar-refractivity contribution >= 4 is 39.6 Å². The maximum absolute atomic E-state index is 13.2. The van der Waals surface area contributed by atoms with Crippen LogP contribution in [-0.4, -0.2) is 34.4 Å². The molecule has 0 saturated carbocycles. The summed E-state index contributed by atoms with van der Waals surface area (Å²) in [7, 11) is 0. The van der Waals surface area contributed by atoms with Crippen LogP contribution in [0.5, 0.6) is 0 Å². The normalized spacial score (nSPS) is 11.4. The van der Waals surface area contributed by atoms with Crippen LogP contribution in [0.15, 0.2) is 84.9 Å². The van der Waals surface area contributed by atoms with E-state index in [2.05, 4.69) is 21.2 Å². The first-order valence-corrected chi connectivity index (χ1v) is 10.6. The van der Waals surface area contributed by atoms with Crippen LogP contribution in [0, 0.1) is 0 Å². The summed E-state index contributed by atoms with van der Waals surface area (Å²) in [5, 5.41) is 3.34. The van der Waals surface area contributed by atoms with Gasteiger partial charge in [-0.25, -0.2) is 0 Å². The van der Waals surface area contributed by atoms with Crippen molar-refractivity contribution in [2.24, 2.45) is 0 Å². The fraction of sp³-hybridized carbons (Fsp3) is 0.125. The SMILES string of the molecule is O=CC(Nc1ccc(C(=O)CBr)cc1)N(Cc1ccccc1)C(=O)c1ccccc1. The molecule has 0 radical (unpaired) electrons. The third-order valence-corrected chi connectivity index (χ3v) is 5.09. The number of carbonyl (C=O) groups excluding carboxylic acids is 3. The fourth-order valence-electron chi connectivity index (χ4n) is 3.01. The molecule has 1 atom stereocenters. The monoisotopic (exact) mass is 464 g/mol. The second-order valence-corrected chi connectivity index (χ2v) is 7.20. The quantitative estimate of drug-likeness (QED) is 0.218. The minimum Gasteiger partial charge on any atom is -0.359 e. The van der Waals surface area contributed by atoms with Crippen molar-refractivity contribution in [3.8, 4) is 0 Å². The lowest BCUT2D eigenvalue weighted by molar-refractivity contribution is -0.111. The number of anilines is 1. The molecule has 0 aliphatic rings. The zero-order valence-corrected chi connectivity index (χ0v) is 17.8. The smallest absolute Gasteiger partial charge is 0.256 e. The first-order valence-electron chi connectivity index (χ1n) is 9.43. The molecule has 3 aromatic carbocycles. The number of ketones is 1. The first kappa shape index (κ1) is 21.5. The average Bonchev–Trinajstić information content (AvgIpc) is 2.82. The van der Waals surface area contributed by atoms with E-state index in [1.807, 2.05) is 36.4 Å². The molecule has 5 nitrogen and oxygen atoms in total. The fourth-order valence-corrected chi connectivity index (χ4v) is 3.33. The maximum Gasteiger partial charge on any atom is 0.256 e. The number of carbonyl (C=O) groups is 3. The zero-order valence-electron chi connectivity index (χ0n) is 16.2. The molecular formula is C24H21BrN2O3. The number of hydrogen-bond donors (Lipinski definition) is 1. The lowest BCUT2D eigenvalue weighted by atomic mass is 10.1. The highest BCUT2D eigenvalue weighted by molar-refractivity contribution is 9.09. The Kier molecular flexibility index (Phi) is 7.51. The summed E-state index contributed by atoms with van der Waals surface area (Å²) in [6, 6.07) is 25.2. The van der Waals surface area contributed by atoms with E-state index in [-0.39, 0.29) is 23.6 Å². The van der Waals surface area contributed by atoms with Gasteiger partial charge in [0.1, 0.15) is 0 Å². The third-order valence-electron chi connectivity index (χ3n) is 4.58. The molecule has 0 bridgehead atoms. The number of Topliss-reactive ketones (excluding diaryl/α,β-unsaturated/α-hetero) is 1. The second kappa shape index (κ2) is 10.5. The molecule has 0 aromatic heterocycles. The largest absolute Gasteiger partial charge is 0.359 e. The van der Waals surface area contributed by atoms with Gasteiger partial charge in [-0.3, -0.25) is 14.4 Å². The van der Waals surface area contributed by atoms with Gasteiger partial charge >= 0.3 is 0 Å². The Bertz CT molecular complexity index is 992. The highest BCUT2D eigenvalue weighted by Crippen LogP contribution is 2.17.